The van der Waals surface area contributed by atoms with Crippen LogP contribution in [-0.4, -0.2) is 37.1 Å². The SMILES string of the molecule is CN(C)CCOc1nc(C(F)(F)F)ccc1CN. The van der Waals surface area contributed by atoms with E-state index in [-0.39, 0.29) is 19.0 Å². The Bertz CT molecular complexity index is 394. The van der Waals surface area contributed by atoms with E-state index in [9.17, 15) is 13.2 Å². The minimum atomic E-state index is -4.48. The molecule has 0 aliphatic heterocycles. The molecule has 1 aromatic heterocycles. The van der Waals surface area contributed by atoms with Crippen LogP contribution in [0.5, 0.6) is 5.88 Å². The Morgan fingerprint density at radius 3 is 2.50 bits per heavy atom. The van der Waals surface area contributed by atoms with Crippen LogP contribution in [0.25, 0.3) is 0 Å². The van der Waals surface area contributed by atoms with Crippen LogP contribution in [0, 0.1) is 0 Å². The molecule has 102 valence electrons. The summed E-state index contributed by atoms with van der Waals surface area (Å²) in [5, 5.41) is 0. The third-order valence-corrected chi connectivity index (χ3v) is 2.23. The van der Waals surface area contributed by atoms with Gasteiger partial charge in [-0.25, -0.2) is 4.98 Å². The Balaban J connectivity index is 2.86. The van der Waals surface area contributed by atoms with Crippen molar-refractivity contribution in [2.24, 2.45) is 5.73 Å². The second kappa shape index (κ2) is 6.01. The molecule has 0 radical (unpaired) electrons. The van der Waals surface area contributed by atoms with Gasteiger partial charge in [-0.3, -0.25) is 0 Å². The molecule has 4 nitrogen and oxygen atoms in total. The van der Waals surface area contributed by atoms with E-state index >= 15 is 0 Å². The van der Waals surface area contributed by atoms with Crippen molar-refractivity contribution in [1.82, 2.24) is 9.88 Å². The number of pyridine rings is 1. The molecule has 18 heavy (non-hydrogen) atoms. The molecule has 0 saturated carbocycles. The van der Waals surface area contributed by atoms with Crippen molar-refractivity contribution in [3.8, 4) is 5.88 Å². The van der Waals surface area contributed by atoms with Gasteiger partial charge in [-0.1, -0.05) is 6.07 Å². The van der Waals surface area contributed by atoms with E-state index in [2.05, 4.69) is 4.98 Å². The quantitative estimate of drug-likeness (QED) is 0.874. The van der Waals surface area contributed by atoms with Crippen LogP contribution in [0.15, 0.2) is 12.1 Å². The van der Waals surface area contributed by atoms with Gasteiger partial charge in [0.05, 0.1) is 0 Å². The van der Waals surface area contributed by atoms with Crippen LogP contribution in [0.3, 0.4) is 0 Å². The highest BCUT2D eigenvalue weighted by atomic mass is 19.4. The highest BCUT2D eigenvalue weighted by molar-refractivity contribution is 5.29. The van der Waals surface area contributed by atoms with E-state index in [0.29, 0.717) is 12.1 Å². The minimum Gasteiger partial charge on any atom is -0.476 e. The summed E-state index contributed by atoms with van der Waals surface area (Å²) in [5.74, 6) is -0.0471. The first-order chi connectivity index (χ1) is 8.34. The average molecular weight is 263 g/mol. The van der Waals surface area contributed by atoms with E-state index in [1.165, 1.54) is 6.07 Å². The molecule has 0 amide bonds. The minimum absolute atomic E-state index is 0.0471. The lowest BCUT2D eigenvalue weighted by molar-refractivity contribution is -0.141. The van der Waals surface area contributed by atoms with Gasteiger partial charge in [0.1, 0.15) is 12.3 Å². The second-order valence-electron chi connectivity index (χ2n) is 4.01. The van der Waals surface area contributed by atoms with Gasteiger partial charge >= 0.3 is 6.18 Å². The summed E-state index contributed by atoms with van der Waals surface area (Å²) < 4.78 is 42.7. The smallest absolute Gasteiger partial charge is 0.433 e. The molecule has 0 saturated heterocycles. The summed E-state index contributed by atoms with van der Waals surface area (Å²) in [7, 11) is 3.68. The molecule has 0 fully saturated rings. The topological polar surface area (TPSA) is 51.4 Å². The lowest BCUT2D eigenvalue weighted by Gasteiger charge is -2.14. The number of ether oxygens (including phenoxy) is 1. The van der Waals surface area contributed by atoms with Crippen LogP contribution in [0.2, 0.25) is 0 Å². The molecule has 0 aliphatic carbocycles. The lowest BCUT2D eigenvalue weighted by Crippen LogP contribution is -2.21. The number of hydrogen-bond acceptors (Lipinski definition) is 4. The Hall–Kier alpha value is -1.34. The zero-order chi connectivity index (χ0) is 13.8. The number of halogens is 3. The van der Waals surface area contributed by atoms with Gasteiger partial charge in [0.2, 0.25) is 5.88 Å². The summed E-state index contributed by atoms with van der Waals surface area (Å²) in [4.78, 5) is 5.32. The normalized spacial score (nSPS) is 11.9. The zero-order valence-electron chi connectivity index (χ0n) is 10.3. The lowest BCUT2D eigenvalue weighted by atomic mass is 10.2. The summed E-state index contributed by atoms with van der Waals surface area (Å²) in [5.41, 5.74) is 4.92. The van der Waals surface area contributed by atoms with Crippen LogP contribution < -0.4 is 10.5 Å². The van der Waals surface area contributed by atoms with Gasteiger partial charge in [0.25, 0.3) is 0 Å². The Labute approximate surface area is 104 Å². The molecule has 1 rings (SSSR count). The standard InChI is InChI=1S/C11H16F3N3O/c1-17(2)5-6-18-10-8(7-15)3-4-9(16-10)11(12,13)14/h3-4H,5-7,15H2,1-2H3. The maximum Gasteiger partial charge on any atom is 0.433 e. The van der Waals surface area contributed by atoms with E-state index in [1.807, 2.05) is 19.0 Å². The zero-order valence-corrected chi connectivity index (χ0v) is 10.3. The maximum atomic E-state index is 12.5. The van der Waals surface area contributed by atoms with Gasteiger partial charge in [0, 0.05) is 18.7 Å². The van der Waals surface area contributed by atoms with Crippen molar-refractivity contribution >= 4 is 0 Å². The first-order valence-electron chi connectivity index (χ1n) is 5.39. The molecule has 0 unspecified atom stereocenters. The number of nitrogens with zero attached hydrogens (tertiary/aromatic N) is 2. The molecular weight excluding hydrogens is 247 g/mol. The summed E-state index contributed by atoms with van der Waals surface area (Å²) in [6, 6.07) is 2.20. The number of likely N-dealkylation sites (N-methyl/N-ethyl adjacent to an activating group) is 1. The highest BCUT2D eigenvalue weighted by Crippen LogP contribution is 2.30. The number of aromatic nitrogens is 1. The molecule has 0 atom stereocenters. The summed E-state index contributed by atoms with van der Waals surface area (Å²) in [6.45, 7) is 0.929. The van der Waals surface area contributed by atoms with Crippen LogP contribution >= 0.6 is 0 Å². The van der Waals surface area contributed by atoms with Crippen LogP contribution in [-0.2, 0) is 12.7 Å². The third kappa shape index (κ3) is 4.15. The number of alkyl halides is 3. The molecule has 0 aliphatic rings. The van der Waals surface area contributed by atoms with Crippen molar-refractivity contribution < 1.29 is 17.9 Å². The van der Waals surface area contributed by atoms with E-state index < -0.39 is 11.9 Å². The number of rotatable bonds is 5. The molecule has 0 spiro atoms. The van der Waals surface area contributed by atoms with Crippen molar-refractivity contribution in [3.63, 3.8) is 0 Å². The largest absolute Gasteiger partial charge is 0.476 e. The Morgan fingerprint density at radius 1 is 1.33 bits per heavy atom. The molecule has 7 heteroatoms. The van der Waals surface area contributed by atoms with Gasteiger partial charge in [-0.05, 0) is 20.2 Å². The fourth-order valence-corrected chi connectivity index (χ4v) is 1.23. The van der Waals surface area contributed by atoms with Crippen LogP contribution in [0.4, 0.5) is 13.2 Å². The summed E-state index contributed by atoms with van der Waals surface area (Å²) >= 11 is 0. The van der Waals surface area contributed by atoms with Gasteiger partial charge < -0.3 is 15.4 Å². The van der Waals surface area contributed by atoms with Crippen molar-refractivity contribution in [2.45, 2.75) is 12.7 Å². The van der Waals surface area contributed by atoms with Crippen LogP contribution in [0.1, 0.15) is 11.3 Å². The molecule has 2 N–H and O–H groups in total. The monoisotopic (exact) mass is 263 g/mol. The van der Waals surface area contributed by atoms with Crippen molar-refractivity contribution in [3.05, 3.63) is 23.4 Å². The summed E-state index contributed by atoms with van der Waals surface area (Å²) in [6.07, 6.45) is -4.48. The second-order valence-corrected chi connectivity index (χ2v) is 4.01. The first-order valence-corrected chi connectivity index (χ1v) is 5.39. The first kappa shape index (κ1) is 14.7. The third-order valence-electron chi connectivity index (χ3n) is 2.23. The Morgan fingerprint density at radius 2 is 2.00 bits per heavy atom. The van der Waals surface area contributed by atoms with E-state index in [1.54, 1.807) is 0 Å². The molecule has 0 aromatic carbocycles. The van der Waals surface area contributed by atoms with E-state index in [4.69, 9.17) is 10.5 Å². The van der Waals surface area contributed by atoms with Gasteiger partial charge in [-0.15, -0.1) is 0 Å². The number of hydrogen-bond donors (Lipinski definition) is 1. The van der Waals surface area contributed by atoms with E-state index in [0.717, 1.165) is 6.07 Å². The average Bonchev–Trinajstić information content (AvgIpc) is 2.27. The maximum absolute atomic E-state index is 12.5. The fraction of sp³-hybridized carbons (Fsp3) is 0.545. The Kier molecular flexibility index (Phi) is 4.92. The molecule has 1 heterocycles. The molecule has 1 aromatic rings. The van der Waals surface area contributed by atoms with Gasteiger partial charge in [0.15, 0.2) is 0 Å². The number of nitrogens with two attached hydrogens (primary N) is 1. The highest BCUT2D eigenvalue weighted by Gasteiger charge is 2.33. The molecular formula is C11H16F3N3O. The predicted octanol–water partition coefficient (Wildman–Crippen LogP) is 1.50. The van der Waals surface area contributed by atoms with Gasteiger partial charge in [-0.2, -0.15) is 13.2 Å². The fourth-order valence-electron chi connectivity index (χ4n) is 1.23. The predicted molar refractivity (Wildman–Crippen MR) is 61.2 cm³/mol. The van der Waals surface area contributed by atoms with Crippen molar-refractivity contribution in [2.75, 3.05) is 27.2 Å². The van der Waals surface area contributed by atoms with Crippen molar-refractivity contribution in [1.29, 1.82) is 0 Å². The molecule has 0 bridgehead atoms.